The van der Waals surface area contributed by atoms with Crippen LogP contribution < -0.4 is 0 Å². The summed E-state index contributed by atoms with van der Waals surface area (Å²) >= 11 is 0. The van der Waals surface area contributed by atoms with Crippen molar-refractivity contribution in [3.8, 4) is 0 Å². The van der Waals surface area contributed by atoms with Crippen LogP contribution in [0.25, 0.3) is 0 Å². The Hall–Kier alpha value is -1.10. The molecule has 116 valence electrons. The fourth-order valence-corrected chi connectivity index (χ4v) is 5.50. The van der Waals surface area contributed by atoms with Gasteiger partial charge < -0.3 is 4.84 Å². The molecule has 5 nitrogen and oxygen atoms in total. The molecular formula is C16H24N2O3. The molecule has 1 amide bonds. The fourth-order valence-electron chi connectivity index (χ4n) is 5.50. The summed E-state index contributed by atoms with van der Waals surface area (Å²) in [7, 11) is 0. The number of rotatable bonds is 2. The van der Waals surface area contributed by atoms with Gasteiger partial charge in [-0.1, -0.05) is 0 Å². The minimum atomic E-state index is -0.722. The second-order valence-corrected chi connectivity index (χ2v) is 7.99. The topological polar surface area (TPSA) is 49.9 Å². The summed E-state index contributed by atoms with van der Waals surface area (Å²) in [5.74, 6) is 2.68. The van der Waals surface area contributed by atoms with Crippen LogP contribution in [0, 0.1) is 23.7 Å². The first-order chi connectivity index (χ1) is 9.88. The van der Waals surface area contributed by atoms with Crippen molar-refractivity contribution in [2.75, 3.05) is 0 Å². The molecule has 4 aliphatic carbocycles. The van der Waals surface area contributed by atoms with Gasteiger partial charge in [0.1, 0.15) is 0 Å². The Morgan fingerprint density at radius 2 is 1.62 bits per heavy atom. The average Bonchev–Trinajstić information content (AvgIpc) is 2.39. The maximum atomic E-state index is 12.6. The highest BCUT2D eigenvalue weighted by molar-refractivity contribution is 5.90. The largest absolute Gasteiger partial charge is 0.347 e. The van der Waals surface area contributed by atoms with Crippen LogP contribution in [-0.2, 0) is 14.4 Å². The molecule has 4 bridgehead atoms. The maximum absolute atomic E-state index is 12.6. The maximum Gasteiger partial charge on any atom is 0.324 e. The lowest BCUT2D eigenvalue weighted by Gasteiger charge is -2.63. The molecule has 1 saturated heterocycles. The van der Waals surface area contributed by atoms with Crippen LogP contribution in [0.1, 0.15) is 52.9 Å². The Morgan fingerprint density at radius 3 is 2.10 bits per heavy atom. The third-order valence-electron chi connectivity index (χ3n) is 6.08. The van der Waals surface area contributed by atoms with Gasteiger partial charge in [0.25, 0.3) is 5.91 Å². The molecule has 1 aliphatic heterocycles. The number of carbonyl (C=O) groups excluding carboxylic acids is 2. The van der Waals surface area contributed by atoms with Crippen molar-refractivity contribution in [3.63, 3.8) is 0 Å². The molecule has 5 rings (SSSR count). The molecule has 0 atom stereocenters. The monoisotopic (exact) mass is 292 g/mol. The third-order valence-corrected chi connectivity index (χ3v) is 6.08. The summed E-state index contributed by atoms with van der Waals surface area (Å²) in [6, 6.07) is 0.248. The first kappa shape index (κ1) is 13.6. The standard InChI is InChI=1S/C16H24N2O3/c1-9(19)21-18-16(2,3)15(20)17(18)14-12-5-10-4-11(7-12)8-13(14)6-10/h10-14H,4-8H2,1-3H3. The van der Waals surface area contributed by atoms with Crippen LogP contribution in [0.15, 0.2) is 0 Å². The lowest BCUT2D eigenvalue weighted by molar-refractivity contribution is -0.362. The Labute approximate surface area is 125 Å². The zero-order valence-corrected chi connectivity index (χ0v) is 13.0. The van der Waals surface area contributed by atoms with Crippen LogP contribution in [0.4, 0.5) is 0 Å². The van der Waals surface area contributed by atoms with E-state index >= 15 is 0 Å². The minimum Gasteiger partial charge on any atom is -0.347 e. The average molecular weight is 292 g/mol. The Morgan fingerprint density at radius 1 is 1.10 bits per heavy atom. The second kappa shape index (κ2) is 4.22. The number of carbonyl (C=O) groups is 2. The molecule has 0 aromatic rings. The van der Waals surface area contributed by atoms with Gasteiger partial charge in [0, 0.05) is 6.92 Å². The van der Waals surface area contributed by atoms with Gasteiger partial charge in [0.15, 0.2) is 5.54 Å². The molecule has 5 fully saturated rings. The predicted molar refractivity (Wildman–Crippen MR) is 75.4 cm³/mol. The van der Waals surface area contributed by atoms with Gasteiger partial charge in [-0.2, -0.15) is 0 Å². The van der Waals surface area contributed by atoms with Crippen molar-refractivity contribution in [3.05, 3.63) is 0 Å². The molecule has 5 heteroatoms. The van der Waals surface area contributed by atoms with Gasteiger partial charge in [-0.3, -0.25) is 9.59 Å². The molecule has 4 saturated carbocycles. The number of nitrogens with zero attached hydrogens (tertiary/aromatic N) is 2. The Kier molecular flexibility index (Phi) is 2.72. The van der Waals surface area contributed by atoms with Crippen LogP contribution in [-0.4, -0.2) is 33.6 Å². The number of hydrazine groups is 1. The van der Waals surface area contributed by atoms with Gasteiger partial charge in [-0.15, -0.1) is 0 Å². The van der Waals surface area contributed by atoms with Crippen LogP contribution in [0.5, 0.6) is 0 Å². The van der Waals surface area contributed by atoms with Crippen LogP contribution in [0.2, 0.25) is 0 Å². The first-order valence-electron chi connectivity index (χ1n) is 8.20. The minimum absolute atomic E-state index is 0.0984. The highest BCUT2D eigenvalue weighted by Crippen LogP contribution is 2.56. The number of amides is 1. The van der Waals surface area contributed by atoms with Crippen molar-refractivity contribution in [2.45, 2.75) is 64.5 Å². The lowest BCUT2D eigenvalue weighted by Crippen LogP contribution is -2.79. The molecule has 1 heterocycles. The molecule has 0 aromatic carbocycles. The summed E-state index contributed by atoms with van der Waals surface area (Å²) in [5, 5.41) is 3.32. The molecule has 0 spiro atoms. The van der Waals surface area contributed by atoms with Crippen molar-refractivity contribution in [2.24, 2.45) is 23.7 Å². The smallest absolute Gasteiger partial charge is 0.324 e. The summed E-state index contributed by atoms with van der Waals surface area (Å²) in [5.41, 5.74) is -0.722. The molecule has 0 N–H and O–H groups in total. The van der Waals surface area contributed by atoms with Gasteiger partial charge in [0.2, 0.25) is 0 Å². The molecular weight excluding hydrogens is 268 g/mol. The van der Waals surface area contributed by atoms with E-state index in [4.69, 9.17) is 4.84 Å². The molecule has 21 heavy (non-hydrogen) atoms. The normalized spacial score (nSPS) is 43.9. The van der Waals surface area contributed by atoms with Gasteiger partial charge in [-0.25, -0.2) is 5.01 Å². The summed E-state index contributed by atoms with van der Waals surface area (Å²) in [6.45, 7) is 5.05. The van der Waals surface area contributed by atoms with E-state index in [1.165, 1.54) is 39.0 Å². The van der Waals surface area contributed by atoms with Crippen molar-refractivity contribution >= 4 is 11.9 Å². The van der Waals surface area contributed by atoms with E-state index in [1.807, 2.05) is 13.8 Å². The van der Waals surface area contributed by atoms with Crippen LogP contribution in [0.3, 0.4) is 0 Å². The van der Waals surface area contributed by atoms with Crippen molar-refractivity contribution in [1.29, 1.82) is 0 Å². The number of hydrogen-bond acceptors (Lipinski definition) is 4. The molecule has 0 radical (unpaired) electrons. The molecule has 0 aromatic heterocycles. The van der Waals surface area contributed by atoms with E-state index < -0.39 is 5.54 Å². The van der Waals surface area contributed by atoms with E-state index in [0.29, 0.717) is 11.8 Å². The van der Waals surface area contributed by atoms with E-state index in [1.54, 1.807) is 10.2 Å². The van der Waals surface area contributed by atoms with Crippen molar-refractivity contribution in [1.82, 2.24) is 10.2 Å². The van der Waals surface area contributed by atoms with Crippen molar-refractivity contribution < 1.29 is 14.4 Å². The van der Waals surface area contributed by atoms with Gasteiger partial charge >= 0.3 is 5.97 Å². The molecule has 0 unspecified atom stereocenters. The quantitative estimate of drug-likeness (QED) is 0.782. The number of hydroxylamine groups is 1. The van der Waals surface area contributed by atoms with Crippen LogP contribution >= 0.6 is 0 Å². The zero-order chi connectivity index (χ0) is 14.9. The Balaban J connectivity index is 1.60. The highest BCUT2D eigenvalue weighted by atomic mass is 16.8. The lowest BCUT2D eigenvalue weighted by atomic mass is 9.53. The van der Waals surface area contributed by atoms with E-state index in [0.717, 1.165) is 11.8 Å². The SMILES string of the molecule is CC(=O)ON1N(C2C3CC4CC(C3)CC2C4)C(=O)C1(C)C. The number of hydrogen-bond donors (Lipinski definition) is 0. The predicted octanol–water partition coefficient (Wildman–Crippen LogP) is 2.13. The van der Waals surface area contributed by atoms with Gasteiger partial charge in [-0.05, 0) is 74.8 Å². The Bertz CT molecular complexity index is 474. The molecule has 5 aliphatic rings. The van der Waals surface area contributed by atoms with Gasteiger partial charge in [0.05, 0.1) is 6.04 Å². The fraction of sp³-hybridized carbons (Fsp3) is 0.875. The first-order valence-corrected chi connectivity index (χ1v) is 8.20. The zero-order valence-electron chi connectivity index (χ0n) is 13.0. The summed E-state index contributed by atoms with van der Waals surface area (Å²) in [6.07, 6.45) is 6.38. The summed E-state index contributed by atoms with van der Waals surface area (Å²) in [4.78, 5) is 29.3. The van der Waals surface area contributed by atoms with E-state index in [-0.39, 0.29) is 17.9 Å². The van der Waals surface area contributed by atoms with E-state index in [9.17, 15) is 9.59 Å². The van der Waals surface area contributed by atoms with E-state index in [2.05, 4.69) is 0 Å². The summed E-state index contributed by atoms with van der Waals surface area (Å²) < 4.78 is 0. The highest BCUT2D eigenvalue weighted by Gasteiger charge is 2.63. The third kappa shape index (κ3) is 1.79. The second-order valence-electron chi connectivity index (χ2n) is 7.99.